The van der Waals surface area contributed by atoms with Crippen molar-refractivity contribution >= 4 is 29.2 Å². The van der Waals surface area contributed by atoms with Crippen molar-refractivity contribution in [3.63, 3.8) is 0 Å². The molecule has 0 aliphatic carbocycles. The van der Waals surface area contributed by atoms with Crippen molar-refractivity contribution in [3.8, 4) is 0 Å². The molecule has 1 aromatic heterocycles. The van der Waals surface area contributed by atoms with E-state index in [1.807, 2.05) is 12.3 Å². The van der Waals surface area contributed by atoms with Crippen molar-refractivity contribution in [2.75, 3.05) is 0 Å². The fraction of sp³-hybridized carbons (Fsp3) is 0.667. The molecular weight excluding hydrogens is 482 g/mol. The summed E-state index contributed by atoms with van der Waals surface area (Å²) in [6, 6.07) is 0. The molecule has 9 heteroatoms. The van der Waals surface area contributed by atoms with Crippen LogP contribution in [-0.4, -0.2) is 67.2 Å². The number of nitrogens with zero attached hydrogens (tertiary/aromatic N) is 1. The molecule has 202 valence electrons. The van der Waals surface area contributed by atoms with Crippen LogP contribution in [0.1, 0.15) is 71.5 Å². The standard InChI is InChI=1S/C27H41NO7S/c1-15-9-8-10-27(7,34)22(30)12-20(16(2)11-19-14-36-18(4)28-19)35-23(31)13-21(29)26(5,6)25(33)17(3)24(15)32/h8,10-11,14-15,17,20-22,24,29-30,32,34H,9,12-13H2,1-7H3/t15-,17+,20-,21-,22?,24-,27?/m0/s1. The van der Waals surface area contributed by atoms with E-state index in [-0.39, 0.29) is 18.1 Å². The highest BCUT2D eigenvalue weighted by Crippen LogP contribution is 2.32. The van der Waals surface area contributed by atoms with Gasteiger partial charge in [0, 0.05) is 17.7 Å². The fourth-order valence-electron chi connectivity index (χ4n) is 4.33. The quantitative estimate of drug-likeness (QED) is 0.343. The Balaban J connectivity index is 2.44. The predicted octanol–water partition coefficient (Wildman–Crippen LogP) is 3.21. The highest BCUT2D eigenvalue weighted by atomic mass is 32.1. The molecule has 0 saturated carbocycles. The minimum atomic E-state index is -1.63. The lowest BCUT2D eigenvalue weighted by atomic mass is 9.73. The van der Waals surface area contributed by atoms with Crippen molar-refractivity contribution in [3.05, 3.63) is 33.8 Å². The zero-order valence-corrected chi connectivity index (χ0v) is 23.1. The Labute approximate surface area is 217 Å². The second kappa shape index (κ2) is 12.1. The summed E-state index contributed by atoms with van der Waals surface area (Å²) in [5.41, 5.74) is -1.63. The minimum Gasteiger partial charge on any atom is -0.458 e. The first-order valence-corrected chi connectivity index (χ1v) is 13.2. The minimum absolute atomic E-state index is 0.0951. The van der Waals surface area contributed by atoms with E-state index in [9.17, 15) is 30.0 Å². The normalized spacial score (nSPS) is 35.5. The summed E-state index contributed by atoms with van der Waals surface area (Å²) in [6.07, 6.45) is 0.220. The molecule has 2 unspecified atom stereocenters. The van der Waals surface area contributed by atoms with Crippen LogP contribution in [0.3, 0.4) is 0 Å². The number of carbonyl (C=O) groups excluding carboxylic acids is 2. The molecule has 2 heterocycles. The van der Waals surface area contributed by atoms with E-state index in [4.69, 9.17) is 4.74 Å². The molecule has 8 nitrogen and oxygen atoms in total. The monoisotopic (exact) mass is 523 g/mol. The molecule has 0 aromatic carbocycles. The number of hydrogen-bond acceptors (Lipinski definition) is 9. The van der Waals surface area contributed by atoms with Crippen molar-refractivity contribution in [1.29, 1.82) is 0 Å². The average Bonchev–Trinajstić information content (AvgIpc) is 3.20. The summed E-state index contributed by atoms with van der Waals surface area (Å²) >= 11 is 1.48. The van der Waals surface area contributed by atoms with Crippen LogP contribution in [0.2, 0.25) is 0 Å². The molecule has 0 amide bonds. The molecule has 0 bridgehead atoms. The van der Waals surface area contributed by atoms with Gasteiger partial charge in [-0.3, -0.25) is 9.59 Å². The molecular formula is C27H41NO7S. The first-order chi connectivity index (χ1) is 16.6. The molecule has 1 aliphatic heterocycles. The first-order valence-electron chi connectivity index (χ1n) is 12.3. The molecule has 2 rings (SSSR count). The van der Waals surface area contributed by atoms with Crippen LogP contribution in [0.25, 0.3) is 6.08 Å². The van der Waals surface area contributed by atoms with E-state index < -0.39 is 53.7 Å². The Morgan fingerprint density at radius 1 is 1.17 bits per heavy atom. The third kappa shape index (κ3) is 7.55. The SMILES string of the molecule is CC(=Cc1csc(C)n1)[C@@H]1CC(O)C(C)(O)C=CC[C@H](C)[C@H](O)[C@@H](C)C(=O)C(C)(C)[C@@H](O)CC(=O)O1. The van der Waals surface area contributed by atoms with Crippen molar-refractivity contribution in [1.82, 2.24) is 4.98 Å². The Hall–Kier alpha value is -1.91. The summed E-state index contributed by atoms with van der Waals surface area (Å²) in [5, 5.41) is 46.1. The average molecular weight is 524 g/mol. The third-order valence-electron chi connectivity index (χ3n) is 7.21. The van der Waals surface area contributed by atoms with Crippen molar-refractivity contribution in [2.24, 2.45) is 17.3 Å². The second-order valence-electron chi connectivity index (χ2n) is 10.8. The van der Waals surface area contributed by atoms with Crippen LogP contribution in [-0.2, 0) is 14.3 Å². The number of aliphatic hydroxyl groups excluding tert-OH is 3. The zero-order valence-electron chi connectivity index (χ0n) is 22.3. The van der Waals surface area contributed by atoms with Crippen LogP contribution in [0.5, 0.6) is 0 Å². The molecule has 7 atom stereocenters. The van der Waals surface area contributed by atoms with E-state index in [0.29, 0.717) is 17.7 Å². The number of esters is 1. The van der Waals surface area contributed by atoms with Gasteiger partial charge < -0.3 is 25.2 Å². The number of carbonyl (C=O) groups is 2. The lowest BCUT2D eigenvalue weighted by Gasteiger charge is -2.35. The summed E-state index contributed by atoms with van der Waals surface area (Å²) in [4.78, 5) is 30.5. The molecule has 4 N–H and O–H groups in total. The molecule has 36 heavy (non-hydrogen) atoms. The van der Waals surface area contributed by atoms with Crippen LogP contribution in [0.15, 0.2) is 23.1 Å². The van der Waals surface area contributed by atoms with E-state index >= 15 is 0 Å². The lowest BCUT2D eigenvalue weighted by Crippen LogP contribution is -2.46. The van der Waals surface area contributed by atoms with Gasteiger partial charge in [0.25, 0.3) is 0 Å². The number of hydrogen-bond donors (Lipinski definition) is 4. The molecule has 0 spiro atoms. The summed E-state index contributed by atoms with van der Waals surface area (Å²) in [6.45, 7) is 11.6. The largest absolute Gasteiger partial charge is 0.458 e. The van der Waals surface area contributed by atoms with Gasteiger partial charge in [0.1, 0.15) is 17.5 Å². The van der Waals surface area contributed by atoms with Crippen molar-refractivity contribution in [2.45, 2.75) is 97.7 Å². The van der Waals surface area contributed by atoms with E-state index in [2.05, 4.69) is 4.98 Å². The van der Waals surface area contributed by atoms with Gasteiger partial charge >= 0.3 is 5.97 Å². The molecule has 1 aliphatic rings. The number of allylic oxidation sites excluding steroid dienone is 1. The Bertz CT molecular complexity index is 981. The lowest BCUT2D eigenvalue weighted by molar-refractivity contribution is -0.156. The predicted molar refractivity (Wildman–Crippen MR) is 139 cm³/mol. The van der Waals surface area contributed by atoms with E-state index in [0.717, 1.165) is 5.01 Å². The zero-order chi connectivity index (χ0) is 27.4. The highest BCUT2D eigenvalue weighted by molar-refractivity contribution is 7.09. The summed E-state index contributed by atoms with van der Waals surface area (Å²) < 4.78 is 5.67. The maximum absolute atomic E-state index is 13.2. The topological polar surface area (TPSA) is 137 Å². The van der Waals surface area contributed by atoms with Crippen LogP contribution in [0, 0.1) is 24.2 Å². The van der Waals surface area contributed by atoms with Crippen LogP contribution >= 0.6 is 11.3 Å². The molecule has 1 aromatic rings. The smallest absolute Gasteiger partial charge is 0.309 e. The van der Waals surface area contributed by atoms with E-state index in [1.165, 1.54) is 24.3 Å². The van der Waals surface area contributed by atoms with Gasteiger partial charge in [-0.2, -0.15) is 0 Å². The Kier molecular flexibility index (Phi) is 10.2. The maximum atomic E-state index is 13.2. The highest BCUT2D eigenvalue weighted by Gasteiger charge is 2.42. The van der Waals surface area contributed by atoms with Gasteiger partial charge in [-0.1, -0.05) is 39.8 Å². The molecule has 0 radical (unpaired) electrons. The molecule has 0 fully saturated rings. The number of rotatable bonds is 2. The number of cyclic esters (lactones) is 1. The van der Waals surface area contributed by atoms with Gasteiger partial charge in [0.2, 0.25) is 0 Å². The number of ketones is 1. The number of ether oxygens (including phenoxy) is 1. The number of aliphatic hydroxyl groups is 4. The number of aromatic nitrogens is 1. The summed E-state index contributed by atoms with van der Waals surface area (Å²) in [7, 11) is 0. The van der Waals surface area contributed by atoms with Gasteiger partial charge in [-0.05, 0) is 44.8 Å². The summed E-state index contributed by atoms with van der Waals surface area (Å²) in [5.74, 6) is -2.20. The number of thiazole rings is 1. The maximum Gasteiger partial charge on any atom is 0.309 e. The third-order valence-corrected chi connectivity index (χ3v) is 8.00. The van der Waals surface area contributed by atoms with Crippen LogP contribution < -0.4 is 0 Å². The van der Waals surface area contributed by atoms with Gasteiger partial charge in [0.15, 0.2) is 0 Å². The van der Waals surface area contributed by atoms with Gasteiger partial charge in [-0.25, -0.2) is 4.98 Å². The number of Topliss-reactive ketones (excluding diaryl/α,β-unsaturated/α-hetero) is 1. The Morgan fingerprint density at radius 2 is 1.81 bits per heavy atom. The fourth-order valence-corrected chi connectivity index (χ4v) is 4.90. The van der Waals surface area contributed by atoms with E-state index in [1.54, 1.807) is 46.8 Å². The van der Waals surface area contributed by atoms with Crippen LogP contribution in [0.4, 0.5) is 0 Å². The van der Waals surface area contributed by atoms with Gasteiger partial charge in [-0.15, -0.1) is 11.3 Å². The number of aryl methyl sites for hydroxylation is 1. The molecule has 0 saturated heterocycles. The van der Waals surface area contributed by atoms with Crippen molar-refractivity contribution < 1.29 is 34.8 Å². The Morgan fingerprint density at radius 3 is 2.39 bits per heavy atom. The van der Waals surface area contributed by atoms with Gasteiger partial charge in [0.05, 0.1) is 40.8 Å². The second-order valence-corrected chi connectivity index (χ2v) is 11.9. The first kappa shape index (κ1) is 30.3.